The van der Waals surface area contributed by atoms with Crippen molar-refractivity contribution in [3.8, 4) is 0 Å². The summed E-state index contributed by atoms with van der Waals surface area (Å²) in [6.07, 6.45) is -0.573. The predicted molar refractivity (Wildman–Crippen MR) is 45.9 cm³/mol. The molecule has 0 radical (unpaired) electrons. The Balaban J connectivity index is 2.16. The van der Waals surface area contributed by atoms with Gasteiger partial charge in [0.1, 0.15) is 0 Å². The molecule has 0 saturated carbocycles. The van der Waals surface area contributed by atoms with Crippen molar-refractivity contribution in [3.05, 3.63) is 0 Å². The molecule has 1 rings (SSSR count). The van der Waals surface area contributed by atoms with Gasteiger partial charge in [-0.2, -0.15) is 0 Å². The number of hydroxylamine groups is 1. The first-order valence-corrected chi connectivity index (χ1v) is 4.22. The number of hydrogen-bond acceptors (Lipinski definition) is 5. The third kappa shape index (κ3) is 3.69. The molecule has 1 unspecified atom stereocenters. The van der Waals surface area contributed by atoms with E-state index < -0.39 is 17.9 Å². The summed E-state index contributed by atoms with van der Waals surface area (Å²) < 4.78 is 5.13. The van der Waals surface area contributed by atoms with Crippen molar-refractivity contribution in [1.29, 1.82) is 0 Å². The molecule has 1 saturated heterocycles. The second kappa shape index (κ2) is 5.53. The highest BCUT2D eigenvalue weighted by atomic mass is 16.7. The lowest BCUT2D eigenvalue weighted by Gasteiger charge is -2.22. The van der Waals surface area contributed by atoms with Gasteiger partial charge in [0.05, 0.1) is 6.61 Å². The van der Waals surface area contributed by atoms with Crippen LogP contribution in [0.15, 0.2) is 0 Å². The monoisotopic (exact) mass is 203 g/mol. The van der Waals surface area contributed by atoms with Crippen LogP contribution in [0.1, 0.15) is 0 Å². The van der Waals surface area contributed by atoms with Crippen LogP contribution in [0, 0.1) is 0 Å². The predicted octanol–water partition coefficient (Wildman–Crippen LogP) is -2.49. The van der Waals surface area contributed by atoms with Crippen molar-refractivity contribution in [3.63, 3.8) is 0 Å². The number of ether oxygens (including phenoxy) is 1. The Labute approximate surface area is 80.9 Å². The van der Waals surface area contributed by atoms with Crippen LogP contribution in [0.25, 0.3) is 0 Å². The van der Waals surface area contributed by atoms with Gasteiger partial charge in [-0.05, 0) is 0 Å². The molecule has 1 aliphatic rings. The van der Waals surface area contributed by atoms with Crippen molar-refractivity contribution in [2.24, 2.45) is 5.73 Å². The topological polar surface area (TPSA) is 103 Å². The minimum absolute atomic E-state index is 0.341. The van der Waals surface area contributed by atoms with E-state index in [-0.39, 0.29) is 6.61 Å². The van der Waals surface area contributed by atoms with Gasteiger partial charge in [-0.15, -0.1) is 0 Å². The Kier molecular flexibility index (Phi) is 4.30. The third-order valence-corrected chi connectivity index (χ3v) is 1.61. The number of hydrogen-bond donors (Lipinski definition) is 3. The number of carbonyl (C=O) groups excluding carboxylic acids is 2. The molecule has 0 aromatic rings. The van der Waals surface area contributed by atoms with Gasteiger partial charge in [-0.3, -0.25) is 14.4 Å². The van der Waals surface area contributed by atoms with E-state index in [1.165, 1.54) is 0 Å². The summed E-state index contributed by atoms with van der Waals surface area (Å²) in [6, 6.07) is 0. The van der Waals surface area contributed by atoms with E-state index in [1.54, 1.807) is 0 Å². The second-order valence-corrected chi connectivity index (χ2v) is 2.78. The molecule has 14 heavy (non-hydrogen) atoms. The van der Waals surface area contributed by atoms with E-state index in [1.807, 2.05) is 0 Å². The van der Waals surface area contributed by atoms with Gasteiger partial charge in [0.25, 0.3) is 5.91 Å². The van der Waals surface area contributed by atoms with Gasteiger partial charge in [-0.1, -0.05) is 0 Å². The third-order valence-electron chi connectivity index (χ3n) is 1.61. The fourth-order valence-corrected chi connectivity index (χ4v) is 0.978. The molecule has 1 fully saturated rings. The van der Waals surface area contributed by atoms with E-state index in [4.69, 9.17) is 10.5 Å². The van der Waals surface area contributed by atoms with Crippen molar-refractivity contribution in [2.75, 3.05) is 26.3 Å². The smallest absolute Gasteiger partial charge is 0.273 e. The highest BCUT2D eigenvalue weighted by molar-refractivity contribution is 5.80. The van der Waals surface area contributed by atoms with Crippen molar-refractivity contribution in [1.82, 2.24) is 10.8 Å². The van der Waals surface area contributed by atoms with E-state index in [2.05, 4.69) is 15.6 Å². The SMILES string of the molecule is NC(=O)CONC(=O)C1CNCCO1. The first-order valence-electron chi connectivity index (χ1n) is 4.22. The molecular formula is C7H13N3O4. The Morgan fingerprint density at radius 3 is 3.00 bits per heavy atom. The van der Waals surface area contributed by atoms with Crippen LogP contribution in [0.3, 0.4) is 0 Å². The Hall–Kier alpha value is -1.18. The molecule has 7 nitrogen and oxygen atoms in total. The highest BCUT2D eigenvalue weighted by Gasteiger charge is 2.21. The van der Waals surface area contributed by atoms with Crippen molar-refractivity contribution < 1.29 is 19.2 Å². The zero-order valence-corrected chi connectivity index (χ0v) is 7.62. The zero-order chi connectivity index (χ0) is 10.4. The van der Waals surface area contributed by atoms with Crippen LogP contribution in [0.5, 0.6) is 0 Å². The number of primary amides is 1. The molecule has 1 atom stereocenters. The summed E-state index contributed by atoms with van der Waals surface area (Å²) in [5.41, 5.74) is 6.88. The van der Waals surface area contributed by atoms with Gasteiger partial charge in [0, 0.05) is 13.1 Å². The van der Waals surface area contributed by atoms with Gasteiger partial charge >= 0.3 is 0 Å². The standard InChI is InChI=1S/C7H13N3O4/c8-6(11)4-14-10-7(12)5-3-9-1-2-13-5/h5,9H,1-4H2,(H2,8,11)(H,10,12). The van der Waals surface area contributed by atoms with E-state index in [9.17, 15) is 9.59 Å². The van der Waals surface area contributed by atoms with E-state index in [0.29, 0.717) is 13.2 Å². The maximum absolute atomic E-state index is 11.2. The second-order valence-electron chi connectivity index (χ2n) is 2.78. The fraction of sp³-hybridized carbons (Fsp3) is 0.714. The lowest BCUT2D eigenvalue weighted by Crippen LogP contribution is -2.48. The van der Waals surface area contributed by atoms with Crippen LogP contribution < -0.4 is 16.5 Å². The Morgan fingerprint density at radius 2 is 2.43 bits per heavy atom. The molecule has 0 aromatic heterocycles. The minimum atomic E-state index is -0.645. The first kappa shape index (κ1) is 10.9. The molecule has 80 valence electrons. The molecule has 0 aliphatic carbocycles. The van der Waals surface area contributed by atoms with Gasteiger partial charge in [0.15, 0.2) is 12.7 Å². The number of nitrogens with one attached hydrogen (secondary N) is 2. The summed E-state index contributed by atoms with van der Waals surface area (Å²) in [7, 11) is 0. The first-order chi connectivity index (χ1) is 6.70. The quantitative estimate of drug-likeness (QED) is 0.438. The van der Waals surface area contributed by atoms with E-state index in [0.717, 1.165) is 6.54 Å². The lowest BCUT2D eigenvalue weighted by molar-refractivity contribution is -0.149. The molecule has 0 spiro atoms. The van der Waals surface area contributed by atoms with Crippen LogP contribution in [-0.4, -0.2) is 44.2 Å². The molecule has 1 aliphatic heterocycles. The van der Waals surface area contributed by atoms with Crippen LogP contribution >= 0.6 is 0 Å². The summed E-state index contributed by atoms with van der Waals surface area (Å²) in [6.45, 7) is 1.30. The summed E-state index contributed by atoms with van der Waals surface area (Å²) in [5.74, 6) is -1.06. The zero-order valence-electron chi connectivity index (χ0n) is 7.62. The number of carbonyl (C=O) groups is 2. The normalized spacial score (nSPS) is 21.6. The molecule has 2 amide bonds. The molecular weight excluding hydrogens is 190 g/mol. The number of nitrogens with two attached hydrogens (primary N) is 1. The van der Waals surface area contributed by atoms with Gasteiger partial charge in [0.2, 0.25) is 5.91 Å². The maximum Gasteiger partial charge on any atom is 0.273 e. The summed E-state index contributed by atoms with van der Waals surface area (Å²) >= 11 is 0. The molecule has 7 heteroatoms. The van der Waals surface area contributed by atoms with Crippen LogP contribution in [-0.2, 0) is 19.2 Å². The number of amides is 2. The molecule has 4 N–H and O–H groups in total. The maximum atomic E-state index is 11.2. The Bertz CT molecular complexity index is 215. The average Bonchev–Trinajstić information content (AvgIpc) is 2.18. The average molecular weight is 203 g/mol. The summed E-state index contributed by atoms with van der Waals surface area (Å²) in [4.78, 5) is 26.0. The lowest BCUT2D eigenvalue weighted by atomic mass is 10.3. The number of morpholine rings is 1. The largest absolute Gasteiger partial charge is 0.368 e. The van der Waals surface area contributed by atoms with Crippen molar-refractivity contribution >= 4 is 11.8 Å². The van der Waals surface area contributed by atoms with Gasteiger partial charge < -0.3 is 15.8 Å². The Morgan fingerprint density at radius 1 is 1.64 bits per heavy atom. The highest BCUT2D eigenvalue weighted by Crippen LogP contribution is 1.95. The summed E-state index contributed by atoms with van der Waals surface area (Å²) in [5, 5.41) is 2.98. The van der Waals surface area contributed by atoms with Crippen LogP contribution in [0.4, 0.5) is 0 Å². The fourth-order valence-electron chi connectivity index (χ4n) is 0.978. The van der Waals surface area contributed by atoms with Crippen molar-refractivity contribution in [2.45, 2.75) is 6.10 Å². The van der Waals surface area contributed by atoms with E-state index >= 15 is 0 Å². The molecule has 1 heterocycles. The van der Waals surface area contributed by atoms with Crippen LogP contribution in [0.2, 0.25) is 0 Å². The molecule has 0 bridgehead atoms. The molecule has 0 aromatic carbocycles. The minimum Gasteiger partial charge on any atom is -0.368 e. The van der Waals surface area contributed by atoms with Gasteiger partial charge in [-0.25, -0.2) is 5.48 Å². The number of rotatable bonds is 4.